The van der Waals surface area contributed by atoms with E-state index >= 15 is 0 Å². The van der Waals surface area contributed by atoms with Gasteiger partial charge in [0.15, 0.2) is 0 Å². The van der Waals surface area contributed by atoms with Crippen molar-refractivity contribution < 1.29 is 18.4 Å². The lowest BCUT2D eigenvalue weighted by Crippen LogP contribution is -2.52. The summed E-state index contributed by atoms with van der Waals surface area (Å²) in [4.78, 5) is 41.7. The van der Waals surface area contributed by atoms with Gasteiger partial charge in [-0.25, -0.2) is 8.78 Å². The Labute approximate surface area is 157 Å². The Balaban J connectivity index is 1.76. The molecule has 1 fully saturated rings. The third kappa shape index (κ3) is 3.13. The zero-order chi connectivity index (χ0) is 19.8. The predicted octanol–water partition coefficient (Wildman–Crippen LogP) is 2.12. The average Bonchev–Trinajstić information content (AvgIpc) is 2.67. The lowest BCUT2D eigenvalue weighted by atomic mass is 10.0. The maximum absolute atomic E-state index is 13.4. The van der Waals surface area contributed by atoms with Crippen LogP contribution in [0, 0.1) is 11.6 Å². The second kappa shape index (κ2) is 6.88. The van der Waals surface area contributed by atoms with Gasteiger partial charge in [0.1, 0.15) is 23.2 Å². The normalized spacial score (nSPS) is 16.9. The highest BCUT2D eigenvalue weighted by Crippen LogP contribution is 2.25. The van der Waals surface area contributed by atoms with Crippen LogP contribution in [0.5, 0.6) is 0 Å². The third-order valence-electron chi connectivity index (χ3n) is 4.70. The lowest BCUT2D eigenvalue weighted by molar-refractivity contribution is -0.128. The number of fused-ring (bicyclic) bond motifs is 1. The van der Waals surface area contributed by atoms with E-state index in [9.17, 15) is 23.2 Å². The molecule has 1 aliphatic heterocycles. The molecule has 8 heteroatoms. The molecule has 0 aliphatic carbocycles. The van der Waals surface area contributed by atoms with Crippen LogP contribution in [0.1, 0.15) is 22.0 Å². The van der Waals surface area contributed by atoms with Crippen LogP contribution in [-0.4, -0.2) is 34.8 Å². The summed E-state index contributed by atoms with van der Waals surface area (Å²) in [7, 11) is 0. The molecule has 0 bridgehead atoms. The molecule has 28 heavy (non-hydrogen) atoms. The van der Waals surface area contributed by atoms with Crippen LogP contribution in [0.15, 0.2) is 53.3 Å². The molecule has 2 aromatic carbocycles. The minimum atomic E-state index is -0.981. The van der Waals surface area contributed by atoms with Gasteiger partial charge in [-0.2, -0.15) is 0 Å². The molecule has 1 atom stereocenters. The van der Waals surface area contributed by atoms with Gasteiger partial charge in [-0.3, -0.25) is 14.4 Å². The van der Waals surface area contributed by atoms with Gasteiger partial charge in [-0.1, -0.05) is 12.1 Å². The van der Waals surface area contributed by atoms with Gasteiger partial charge < -0.3 is 15.2 Å². The summed E-state index contributed by atoms with van der Waals surface area (Å²) in [5.41, 5.74) is -0.118. The predicted molar refractivity (Wildman–Crippen MR) is 97.7 cm³/mol. The minimum absolute atomic E-state index is 0.152. The van der Waals surface area contributed by atoms with Crippen LogP contribution in [0.4, 0.5) is 8.78 Å². The molecule has 1 aliphatic rings. The number of aromatic nitrogens is 1. The maximum Gasteiger partial charge on any atom is 0.261 e. The summed E-state index contributed by atoms with van der Waals surface area (Å²) in [6.07, 6.45) is 0. The topological polar surface area (TPSA) is 82.3 Å². The van der Waals surface area contributed by atoms with E-state index in [0.29, 0.717) is 10.9 Å². The molecular formula is C20H15F2N3O3. The molecule has 6 nitrogen and oxygen atoms in total. The van der Waals surface area contributed by atoms with Gasteiger partial charge in [-0.05, 0) is 47.3 Å². The van der Waals surface area contributed by atoms with Crippen LogP contribution in [0.25, 0.3) is 10.9 Å². The monoisotopic (exact) mass is 383 g/mol. The molecule has 1 unspecified atom stereocenters. The number of carbonyl (C=O) groups is 2. The second-order valence-corrected chi connectivity index (χ2v) is 6.49. The molecule has 2 heterocycles. The first kappa shape index (κ1) is 17.8. The Kier molecular flexibility index (Phi) is 4.38. The van der Waals surface area contributed by atoms with Gasteiger partial charge in [0.25, 0.3) is 11.5 Å². The zero-order valence-corrected chi connectivity index (χ0v) is 14.5. The van der Waals surface area contributed by atoms with Crippen molar-refractivity contribution in [1.29, 1.82) is 0 Å². The molecule has 2 N–H and O–H groups in total. The number of hydrogen-bond donors (Lipinski definition) is 2. The highest BCUT2D eigenvalue weighted by Gasteiger charge is 2.35. The summed E-state index contributed by atoms with van der Waals surface area (Å²) in [5.74, 6) is -2.01. The quantitative estimate of drug-likeness (QED) is 0.711. The van der Waals surface area contributed by atoms with Gasteiger partial charge >= 0.3 is 0 Å². The fraction of sp³-hybridized carbons (Fsp3) is 0.150. The average molecular weight is 383 g/mol. The fourth-order valence-electron chi connectivity index (χ4n) is 3.35. The van der Waals surface area contributed by atoms with Crippen molar-refractivity contribution in [2.24, 2.45) is 0 Å². The van der Waals surface area contributed by atoms with Crippen molar-refractivity contribution in [3.8, 4) is 0 Å². The van der Waals surface area contributed by atoms with E-state index in [-0.39, 0.29) is 24.2 Å². The van der Waals surface area contributed by atoms with Crippen molar-refractivity contribution in [2.75, 3.05) is 13.1 Å². The first-order valence-electron chi connectivity index (χ1n) is 8.61. The largest absolute Gasteiger partial charge is 0.352 e. The van der Waals surface area contributed by atoms with Crippen molar-refractivity contribution in [1.82, 2.24) is 15.2 Å². The number of benzene rings is 2. The number of H-pyrrole nitrogens is 1. The minimum Gasteiger partial charge on any atom is -0.352 e. The highest BCUT2D eigenvalue weighted by atomic mass is 19.1. The summed E-state index contributed by atoms with van der Waals surface area (Å²) in [5, 5.41) is 3.17. The highest BCUT2D eigenvalue weighted by molar-refractivity contribution is 6.00. The third-order valence-corrected chi connectivity index (χ3v) is 4.70. The Morgan fingerprint density at radius 1 is 1.00 bits per heavy atom. The van der Waals surface area contributed by atoms with Crippen molar-refractivity contribution in [3.63, 3.8) is 0 Å². The number of piperazine rings is 1. The number of halogens is 2. The Hall–Kier alpha value is -3.55. The van der Waals surface area contributed by atoms with Gasteiger partial charge in [0.05, 0.1) is 5.52 Å². The van der Waals surface area contributed by atoms with Gasteiger partial charge in [0.2, 0.25) is 5.91 Å². The maximum atomic E-state index is 13.4. The molecule has 0 saturated carbocycles. The van der Waals surface area contributed by atoms with Crippen LogP contribution in [0.3, 0.4) is 0 Å². The first-order valence-corrected chi connectivity index (χ1v) is 8.61. The molecule has 1 saturated heterocycles. The number of amides is 2. The summed E-state index contributed by atoms with van der Waals surface area (Å²) in [6, 6.07) is 9.52. The standard InChI is InChI=1S/C20H15F2N3O3/c21-13-4-1-11(2-5-13)17-19(27)23-7-8-25(17)20(28)15-9-12-3-6-14(22)10-16(12)24-18(15)26/h1-6,9-10,17H,7-8H2,(H,23,27)(H,24,26). The second-order valence-electron chi connectivity index (χ2n) is 6.49. The van der Waals surface area contributed by atoms with E-state index in [1.165, 1.54) is 53.4 Å². The number of carbonyl (C=O) groups excluding carboxylic acids is 2. The summed E-state index contributed by atoms with van der Waals surface area (Å²) >= 11 is 0. The number of aromatic amines is 1. The van der Waals surface area contributed by atoms with E-state index in [1.54, 1.807) is 0 Å². The molecule has 142 valence electrons. The smallest absolute Gasteiger partial charge is 0.261 e. The molecular weight excluding hydrogens is 368 g/mol. The SMILES string of the molecule is O=C1NCCN(C(=O)c2cc3ccc(F)cc3[nH]c2=O)C1c1ccc(F)cc1. The lowest BCUT2D eigenvalue weighted by Gasteiger charge is -2.35. The Morgan fingerprint density at radius 2 is 1.71 bits per heavy atom. The summed E-state index contributed by atoms with van der Waals surface area (Å²) < 4.78 is 26.6. The van der Waals surface area contributed by atoms with E-state index in [4.69, 9.17) is 0 Å². The van der Waals surface area contributed by atoms with E-state index < -0.39 is 35.0 Å². The van der Waals surface area contributed by atoms with Crippen molar-refractivity contribution >= 4 is 22.7 Å². The number of hydrogen-bond acceptors (Lipinski definition) is 3. The number of rotatable bonds is 2. The molecule has 3 aromatic rings. The zero-order valence-electron chi connectivity index (χ0n) is 14.5. The van der Waals surface area contributed by atoms with E-state index in [1.807, 2.05) is 0 Å². The van der Waals surface area contributed by atoms with Crippen LogP contribution < -0.4 is 10.9 Å². The van der Waals surface area contributed by atoms with Gasteiger partial charge in [0, 0.05) is 13.1 Å². The van der Waals surface area contributed by atoms with E-state index in [0.717, 1.165) is 0 Å². The molecule has 0 spiro atoms. The Morgan fingerprint density at radius 3 is 2.46 bits per heavy atom. The van der Waals surface area contributed by atoms with Crippen LogP contribution in [0.2, 0.25) is 0 Å². The van der Waals surface area contributed by atoms with Crippen LogP contribution in [-0.2, 0) is 4.79 Å². The van der Waals surface area contributed by atoms with Crippen molar-refractivity contribution in [3.05, 3.63) is 81.6 Å². The van der Waals surface area contributed by atoms with Crippen LogP contribution >= 0.6 is 0 Å². The Bertz CT molecular complexity index is 1140. The number of pyridine rings is 1. The van der Waals surface area contributed by atoms with E-state index in [2.05, 4.69) is 10.3 Å². The summed E-state index contributed by atoms with van der Waals surface area (Å²) in [6.45, 7) is 0.423. The molecule has 4 rings (SSSR count). The number of nitrogens with zero attached hydrogens (tertiary/aromatic N) is 1. The fourth-order valence-corrected chi connectivity index (χ4v) is 3.35. The number of nitrogens with one attached hydrogen (secondary N) is 2. The molecule has 2 amide bonds. The molecule has 1 aromatic heterocycles. The molecule has 0 radical (unpaired) electrons. The van der Waals surface area contributed by atoms with Gasteiger partial charge in [-0.15, -0.1) is 0 Å². The van der Waals surface area contributed by atoms with Crippen molar-refractivity contribution in [2.45, 2.75) is 6.04 Å². The first-order chi connectivity index (χ1) is 13.4.